The van der Waals surface area contributed by atoms with Gasteiger partial charge in [-0.3, -0.25) is 24.5 Å². The maximum absolute atomic E-state index is 14.5. The standard InChI is InChI=1S/C26H25ClF2N2O4/c1-14(20-10-11-22(32)31-24(20)34)19-9-3-16-12-15(2-8-21(16)23(19)33)13-30-25(35)26(28,29)17-4-6-18(27)7-5-17/h2,4-8,12,14,19-20H,3,9-11,13H2,1H3,(H,30,35)(H,31,32,34). The van der Waals surface area contributed by atoms with E-state index in [0.717, 1.165) is 17.7 Å². The third kappa shape index (κ3) is 5.12. The number of alkyl halides is 2. The summed E-state index contributed by atoms with van der Waals surface area (Å²) >= 11 is 5.73. The van der Waals surface area contributed by atoms with Crippen molar-refractivity contribution in [3.63, 3.8) is 0 Å². The van der Waals surface area contributed by atoms with Gasteiger partial charge in [0.15, 0.2) is 5.78 Å². The van der Waals surface area contributed by atoms with E-state index in [1.54, 1.807) is 18.2 Å². The Labute approximate surface area is 206 Å². The number of carbonyl (C=O) groups is 4. The van der Waals surface area contributed by atoms with Gasteiger partial charge >= 0.3 is 5.92 Å². The van der Waals surface area contributed by atoms with E-state index in [1.165, 1.54) is 12.1 Å². The molecule has 2 aromatic rings. The molecule has 35 heavy (non-hydrogen) atoms. The van der Waals surface area contributed by atoms with E-state index in [9.17, 15) is 28.0 Å². The molecule has 0 radical (unpaired) electrons. The van der Waals surface area contributed by atoms with Gasteiger partial charge in [0.2, 0.25) is 11.8 Å². The van der Waals surface area contributed by atoms with Gasteiger partial charge in [0.1, 0.15) is 0 Å². The van der Waals surface area contributed by atoms with Crippen molar-refractivity contribution < 1.29 is 28.0 Å². The highest BCUT2D eigenvalue weighted by molar-refractivity contribution is 6.30. The number of benzene rings is 2. The normalized spacial score (nSPS) is 21.2. The first kappa shape index (κ1) is 25.0. The molecule has 2 N–H and O–H groups in total. The van der Waals surface area contributed by atoms with Crippen molar-refractivity contribution in [3.8, 4) is 0 Å². The van der Waals surface area contributed by atoms with E-state index in [2.05, 4.69) is 10.6 Å². The number of carbonyl (C=O) groups excluding carboxylic acids is 4. The van der Waals surface area contributed by atoms with Crippen molar-refractivity contribution in [2.75, 3.05) is 0 Å². The molecule has 0 bridgehead atoms. The molecule has 0 spiro atoms. The Morgan fingerprint density at radius 1 is 1.09 bits per heavy atom. The fourth-order valence-electron chi connectivity index (χ4n) is 4.92. The Morgan fingerprint density at radius 2 is 1.77 bits per heavy atom. The number of hydrogen-bond acceptors (Lipinski definition) is 4. The van der Waals surface area contributed by atoms with Gasteiger partial charge in [0, 0.05) is 41.0 Å². The van der Waals surface area contributed by atoms with Gasteiger partial charge in [-0.15, -0.1) is 0 Å². The number of rotatable bonds is 6. The fourth-order valence-corrected chi connectivity index (χ4v) is 5.05. The first-order valence-corrected chi connectivity index (χ1v) is 11.9. The molecule has 184 valence electrons. The van der Waals surface area contributed by atoms with Crippen molar-refractivity contribution in [1.82, 2.24) is 10.6 Å². The minimum Gasteiger partial charge on any atom is -0.346 e. The molecule has 0 saturated carbocycles. The van der Waals surface area contributed by atoms with Gasteiger partial charge < -0.3 is 5.32 Å². The average molecular weight is 503 g/mol. The number of ketones is 1. The quantitative estimate of drug-likeness (QED) is 0.580. The number of fused-ring (bicyclic) bond motifs is 1. The van der Waals surface area contributed by atoms with Crippen LogP contribution in [0.5, 0.6) is 0 Å². The Balaban J connectivity index is 1.41. The molecule has 2 aromatic carbocycles. The van der Waals surface area contributed by atoms with Crippen molar-refractivity contribution >= 4 is 35.1 Å². The summed E-state index contributed by atoms with van der Waals surface area (Å²) in [5.41, 5.74) is 1.49. The summed E-state index contributed by atoms with van der Waals surface area (Å²) in [7, 11) is 0. The molecular weight excluding hydrogens is 478 g/mol. The molecule has 1 aliphatic carbocycles. The van der Waals surface area contributed by atoms with Crippen LogP contribution in [0, 0.1) is 17.8 Å². The molecule has 3 amide bonds. The summed E-state index contributed by atoms with van der Waals surface area (Å²) in [6.07, 6.45) is 1.84. The predicted octanol–water partition coefficient (Wildman–Crippen LogP) is 4.18. The summed E-state index contributed by atoms with van der Waals surface area (Å²) in [5, 5.41) is 4.92. The van der Waals surface area contributed by atoms with Crippen LogP contribution in [-0.4, -0.2) is 23.5 Å². The van der Waals surface area contributed by atoms with Crippen molar-refractivity contribution in [2.45, 2.75) is 45.1 Å². The number of halogens is 3. The van der Waals surface area contributed by atoms with Gasteiger partial charge in [-0.2, -0.15) is 8.78 Å². The molecule has 2 aliphatic rings. The number of aryl methyl sites for hydroxylation is 1. The second kappa shape index (κ2) is 9.85. The molecule has 1 aliphatic heterocycles. The van der Waals surface area contributed by atoms with Crippen LogP contribution in [0.2, 0.25) is 5.02 Å². The Bertz CT molecular complexity index is 1180. The van der Waals surface area contributed by atoms with Crippen molar-refractivity contribution in [1.29, 1.82) is 0 Å². The van der Waals surface area contributed by atoms with Crippen molar-refractivity contribution in [2.24, 2.45) is 17.8 Å². The fraction of sp³-hybridized carbons (Fsp3) is 0.385. The van der Waals surface area contributed by atoms with E-state index < -0.39 is 17.4 Å². The SMILES string of the molecule is CC(C1CCC(=O)NC1=O)C1CCc2cc(CNC(=O)C(F)(F)c3ccc(Cl)cc3)ccc2C1=O. The summed E-state index contributed by atoms with van der Waals surface area (Å²) in [4.78, 5) is 49.1. The summed E-state index contributed by atoms with van der Waals surface area (Å²) in [6.45, 7) is 1.76. The minimum absolute atomic E-state index is 0.0618. The molecule has 1 saturated heterocycles. The lowest BCUT2D eigenvalue weighted by atomic mass is 9.70. The zero-order valence-electron chi connectivity index (χ0n) is 19.1. The number of Topliss-reactive ketones (excluding diaryl/α,β-unsaturated/α-hetero) is 1. The average Bonchev–Trinajstić information content (AvgIpc) is 2.82. The third-order valence-corrected chi connectivity index (χ3v) is 7.24. The van der Waals surface area contributed by atoms with Crippen molar-refractivity contribution in [3.05, 3.63) is 69.7 Å². The van der Waals surface area contributed by atoms with E-state index in [-0.39, 0.29) is 48.3 Å². The second-order valence-electron chi connectivity index (χ2n) is 9.18. The number of nitrogens with one attached hydrogen (secondary N) is 2. The lowest BCUT2D eigenvalue weighted by molar-refractivity contribution is -0.147. The largest absolute Gasteiger partial charge is 0.349 e. The number of amides is 3. The topological polar surface area (TPSA) is 92.3 Å². The van der Waals surface area contributed by atoms with Gasteiger partial charge in [-0.25, -0.2) is 0 Å². The Kier molecular flexibility index (Phi) is 7.03. The maximum atomic E-state index is 14.5. The molecule has 0 aromatic heterocycles. The minimum atomic E-state index is -3.71. The van der Waals surface area contributed by atoms with E-state index >= 15 is 0 Å². The monoisotopic (exact) mass is 502 g/mol. The van der Waals surface area contributed by atoms with Gasteiger partial charge in [-0.1, -0.05) is 48.9 Å². The molecule has 1 fully saturated rings. The molecule has 6 nitrogen and oxygen atoms in total. The van der Waals surface area contributed by atoms with Crippen LogP contribution in [0.1, 0.15) is 53.2 Å². The van der Waals surface area contributed by atoms with Crippen LogP contribution in [0.4, 0.5) is 8.78 Å². The first-order chi connectivity index (χ1) is 16.6. The molecule has 3 unspecified atom stereocenters. The van der Waals surface area contributed by atoms with Crippen LogP contribution in [0.3, 0.4) is 0 Å². The predicted molar refractivity (Wildman–Crippen MR) is 125 cm³/mol. The smallest absolute Gasteiger partial charge is 0.346 e. The van der Waals surface area contributed by atoms with Crippen LogP contribution >= 0.6 is 11.6 Å². The van der Waals surface area contributed by atoms with E-state index in [4.69, 9.17) is 11.6 Å². The van der Waals surface area contributed by atoms with E-state index in [0.29, 0.717) is 35.4 Å². The Hall–Kier alpha value is -3.13. The van der Waals surface area contributed by atoms with E-state index in [1.807, 2.05) is 6.92 Å². The highest BCUT2D eigenvalue weighted by atomic mass is 35.5. The highest BCUT2D eigenvalue weighted by Crippen LogP contribution is 2.36. The Morgan fingerprint density at radius 3 is 2.46 bits per heavy atom. The molecule has 9 heteroatoms. The number of hydrogen-bond donors (Lipinski definition) is 2. The van der Waals surface area contributed by atoms with Crippen LogP contribution in [0.25, 0.3) is 0 Å². The summed E-state index contributed by atoms with van der Waals surface area (Å²) in [5.74, 6) is -6.75. The highest BCUT2D eigenvalue weighted by Gasteiger charge is 2.41. The lowest BCUT2D eigenvalue weighted by Crippen LogP contribution is -2.46. The molecule has 3 atom stereocenters. The lowest BCUT2D eigenvalue weighted by Gasteiger charge is -2.34. The van der Waals surface area contributed by atoms with Crippen LogP contribution < -0.4 is 10.6 Å². The van der Waals surface area contributed by atoms with Crippen LogP contribution in [0.15, 0.2) is 42.5 Å². The molecule has 4 rings (SSSR count). The van der Waals surface area contributed by atoms with Gasteiger partial charge in [0.25, 0.3) is 5.91 Å². The van der Waals surface area contributed by atoms with Gasteiger partial charge in [0.05, 0.1) is 0 Å². The zero-order chi connectivity index (χ0) is 25.3. The number of piperidine rings is 1. The first-order valence-electron chi connectivity index (χ1n) is 11.5. The summed E-state index contributed by atoms with van der Waals surface area (Å²) < 4.78 is 29.0. The van der Waals surface area contributed by atoms with Gasteiger partial charge in [-0.05, 0) is 48.4 Å². The molecular formula is C26H25ClF2N2O4. The second-order valence-corrected chi connectivity index (χ2v) is 9.62. The summed E-state index contributed by atoms with van der Waals surface area (Å²) in [6, 6.07) is 9.86. The number of imide groups is 1. The zero-order valence-corrected chi connectivity index (χ0v) is 19.8. The third-order valence-electron chi connectivity index (χ3n) is 6.99. The maximum Gasteiger partial charge on any atom is 0.349 e. The molecule has 1 heterocycles. The van der Waals surface area contributed by atoms with Crippen LogP contribution in [-0.2, 0) is 33.3 Å².